The lowest BCUT2D eigenvalue weighted by molar-refractivity contribution is 0.133. The molecule has 0 bridgehead atoms. The fourth-order valence-corrected chi connectivity index (χ4v) is 2.02. The summed E-state index contributed by atoms with van der Waals surface area (Å²) in [6.45, 7) is 5.94. The molecule has 1 rings (SSSR count). The van der Waals surface area contributed by atoms with Gasteiger partial charge in [-0.1, -0.05) is 25.5 Å². The van der Waals surface area contributed by atoms with Crippen LogP contribution in [0.25, 0.3) is 0 Å². The predicted molar refractivity (Wildman–Crippen MR) is 74.8 cm³/mol. The molecule has 102 valence electrons. The Labute approximate surface area is 110 Å². The number of hydrogen-bond donors (Lipinski definition) is 2. The van der Waals surface area contributed by atoms with E-state index in [1.165, 1.54) is 5.56 Å². The van der Waals surface area contributed by atoms with Crippen LogP contribution in [0.2, 0.25) is 0 Å². The van der Waals surface area contributed by atoms with Gasteiger partial charge in [0.05, 0.1) is 12.7 Å². The maximum absolute atomic E-state index is 9.12. The number of rotatable bonds is 7. The van der Waals surface area contributed by atoms with Crippen LogP contribution in [0.4, 0.5) is 0 Å². The highest BCUT2D eigenvalue weighted by atomic mass is 16.5. The summed E-state index contributed by atoms with van der Waals surface area (Å²) in [5, 5.41) is 9.12. The third-order valence-corrected chi connectivity index (χ3v) is 2.91. The van der Waals surface area contributed by atoms with Crippen LogP contribution in [-0.2, 0) is 6.42 Å². The zero-order valence-electron chi connectivity index (χ0n) is 11.6. The van der Waals surface area contributed by atoms with Gasteiger partial charge < -0.3 is 15.6 Å². The van der Waals surface area contributed by atoms with Crippen LogP contribution in [0.1, 0.15) is 39.2 Å². The van der Waals surface area contributed by atoms with Crippen molar-refractivity contribution in [2.24, 2.45) is 5.73 Å². The summed E-state index contributed by atoms with van der Waals surface area (Å²) < 4.78 is 5.79. The summed E-state index contributed by atoms with van der Waals surface area (Å²) in [4.78, 5) is 0. The third-order valence-electron chi connectivity index (χ3n) is 2.91. The molecule has 1 aromatic carbocycles. The molecule has 1 aromatic rings. The minimum Gasteiger partial charge on any atom is -0.491 e. The Bertz CT molecular complexity index is 346. The molecule has 0 saturated heterocycles. The molecule has 2 unspecified atom stereocenters. The van der Waals surface area contributed by atoms with Gasteiger partial charge in [-0.2, -0.15) is 0 Å². The minimum atomic E-state index is -0.582. The maximum Gasteiger partial charge on any atom is 0.119 e. The lowest BCUT2D eigenvalue weighted by Gasteiger charge is -2.26. The molecule has 0 amide bonds. The van der Waals surface area contributed by atoms with Gasteiger partial charge in [0.15, 0.2) is 0 Å². The average Bonchev–Trinajstić information content (AvgIpc) is 2.31. The van der Waals surface area contributed by atoms with E-state index in [0.717, 1.165) is 18.6 Å². The summed E-state index contributed by atoms with van der Waals surface area (Å²) in [5.74, 6) is 0.857. The van der Waals surface area contributed by atoms with Gasteiger partial charge in [-0.25, -0.2) is 0 Å². The van der Waals surface area contributed by atoms with E-state index in [1.807, 2.05) is 26.0 Å². The Hall–Kier alpha value is -1.06. The number of nitrogens with two attached hydrogens (primary N) is 1. The van der Waals surface area contributed by atoms with Gasteiger partial charge >= 0.3 is 0 Å². The molecular formula is C15H25NO2. The number of aryl methyl sites for hydroxylation is 1. The van der Waals surface area contributed by atoms with Gasteiger partial charge in [-0.3, -0.25) is 0 Å². The van der Waals surface area contributed by atoms with Gasteiger partial charge in [-0.05, 0) is 38.0 Å². The van der Waals surface area contributed by atoms with Crippen LogP contribution in [0.5, 0.6) is 5.75 Å². The van der Waals surface area contributed by atoms with Crippen molar-refractivity contribution < 1.29 is 9.84 Å². The van der Waals surface area contributed by atoms with Crippen LogP contribution in [0.15, 0.2) is 24.3 Å². The van der Waals surface area contributed by atoms with Crippen LogP contribution in [0, 0.1) is 0 Å². The summed E-state index contributed by atoms with van der Waals surface area (Å²) in [5.41, 5.74) is 6.65. The summed E-state index contributed by atoms with van der Waals surface area (Å²) in [6.07, 6.45) is 2.87. The highest BCUT2D eigenvalue weighted by Crippen LogP contribution is 2.18. The standard InChI is InChI=1S/C15H25NO2/c1-4-5-13-6-8-14(9-7-13)18-12(2)10-15(3,16)11-17/h6-9,12,17H,4-5,10-11,16H2,1-3H3. The molecule has 3 N–H and O–H groups in total. The molecule has 0 aliphatic carbocycles. The predicted octanol–water partition coefficient (Wildman–Crippen LogP) is 2.51. The van der Waals surface area contributed by atoms with Gasteiger partial charge in [0, 0.05) is 12.0 Å². The van der Waals surface area contributed by atoms with E-state index in [0.29, 0.717) is 6.42 Å². The molecule has 0 heterocycles. The second-order valence-corrected chi connectivity index (χ2v) is 5.34. The maximum atomic E-state index is 9.12. The molecule has 0 saturated carbocycles. The first-order valence-electron chi connectivity index (χ1n) is 6.62. The average molecular weight is 251 g/mol. The minimum absolute atomic E-state index is 0.0100. The van der Waals surface area contributed by atoms with Crippen molar-refractivity contribution in [2.75, 3.05) is 6.61 Å². The zero-order valence-corrected chi connectivity index (χ0v) is 11.6. The molecule has 3 heteroatoms. The fourth-order valence-electron chi connectivity index (χ4n) is 2.02. The van der Waals surface area contributed by atoms with Crippen molar-refractivity contribution in [3.05, 3.63) is 29.8 Å². The molecule has 18 heavy (non-hydrogen) atoms. The van der Waals surface area contributed by atoms with E-state index < -0.39 is 5.54 Å². The monoisotopic (exact) mass is 251 g/mol. The first kappa shape index (κ1) is 15.0. The molecule has 0 aliphatic rings. The topological polar surface area (TPSA) is 55.5 Å². The van der Waals surface area contributed by atoms with Crippen molar-refractivity contribution in [1.82, 2.24) is 0 Å². The van der Waals surface area contributed by atoms with Crippen LogP contribution < -0.4 is 10.5 Å². The van der Waals surface area contributed by atoms with Crippen molar-refractivity contribution in [3.8, 4) is 5.75 Å². The van der Waals surface area contributed by atoms with E-state index in [9.17, 15) is 0 Å². The summed E-state index contributed by atoms with van der Waals surface area (Å²) in [6, 6.07) is 8.18. The van der Waals surface area contributed by atoms with E-state index in [4.69, 9.17) is 15.6 Å². The quantitative estimate of drug-likeness (QED) is 0.783. The molecule has 2 atom stereocenters. The number of ether oxygens (including phenoxy) is 1. The lowest BCUT2D eigenvalue weighted by atomic mass is 9.97. The number of aliphatic hydroxyl groups excluding tert-OH is 1. The van der Waals surface area contributed by atoms with E-state index in [1.54, 1.807) is 0 Å². The second kappa shape index (κ2) is 6.76. The van der Waals surface area contributed by atoms with Gasteiger partial charge in [-0.15, -0.1) is 0 Å². The summed E-state index contributed by atoms with van der Waals surface area (Å²) >= 11 is 0. The van der Waals surface area contributed by atoms with Crippen LogP contribution in [-0.4, -0.2) is 23.4 Å². The Balaban J connectivity index is 2.51. The van der Waals surface area contributed by atoms with Crippen molar-refractivity contribution in [2.45, 2.75) is 51.7 Å². The van der Waals surface area contributed by atoms with Crippen molar-refractivity contribution in [1.29, 1.82) is 0 Å². The Morgan fingerprint density at radius 2 is 1.94 bits per heavy atom. The lowest BCUT2D eigenvalue weighted by Crippen LogP contribution is -2.43. The Kier molecular flexibility index (Phi) is 5.63. The van der Waals surface area contributed by atoms with Crippen molar-refractivity contribution >= 4 is 0 Å². The second-order valence-electron chi connectivity index (χ2n) is 5.34. The highest BCUT2D eigenvalue weighted by molar-refractivity contribution is 5.27. The Morgan fingerprint density at radius 1 is 1.33 bits per heavy atom. The molecular weight excluding hydrogens is 226 g/mol. The fraction of sp³-hybridized carbons (Fsp3) is 0.600. The number of aliphatic hydroxyl groups is 1. The van der Waals surface area contributed by atoms with Gasteiger partial charge in [0.2, 0.25) is 0 Å². The summed E-state index contributed by atoms with van der Waals surface area (Å²) in [7, 11) is 0. The van der Waals surface area contributed by atoms with E-state index in [2.05, 4.69) is 19.1 Å². The van der Waals surface area contributed by atoms with E-state index in [-0.39, 0.29) is 12.7 Å². The zero-order chi connectivity index (χ0) is 13.6. The first-order valence-corrected chi connectivity index (χ1v) is 6.62. The van der Waals surface area contributed by atoms with Crippen LogP contribution in [0.3, 0.4) is 0 Å². The first-order chi connectivity index (χ1) is 8.46. The SMILES string of the molecule is CCCc1ccc(OC(C)CC(C)(N)CO)cc1. The molecule has 3 nitrogen and oxygen atoms in total. The van der Waals surface area contributed by atoms with Crippen LogP contribution >= 0.6 is 0 Å². The third kappa shape index (κ3) is 5.07. The Morgan fingerprint density at radius 3 is 2.44 bits per heavy atom. The van der Waals surface area contributed by atoms with Gasteiger partial charge in [0.25, 0.3) is 0 Å². The number of benzene rings is 1. The van der Waals surface area contributed by atoms with Crippen molar-refractivity contribution in [3.63, 3.8) is 0 Å². The normalized spacial score (nSPS) is 16.1. The highest BCUT2D eigenvalue weighted by Gasteiger charge is 2.21. The largest absolute Gasteiger partial charge is 0.491 e. The van der Waals surface area contributed by atoms with Gasteiger partial charge in [0.1, 0.15) is 5.75 Å². The van der Waals surface area contributed by atoms with E-state index >= 15 is 0 Å². The molecule has 0 fully saturated rings. The molecule has 0 spiro atoms. The smallest absolute Gasteiger partial charge is 0.119 e. The number of hydrogen-bond acceptors (Lipinski definition) is 3. The molecule has 0 aromatic heterocycles. The molecule has 0 aliphatic heterocycles. The molecule has 0 radical (unpaired) electrons.